The maximum absolute atomic E-state index is 11.3. The molecule has 0 saturated heterocycles. The van der Waals surface area contributed by atoms with Gasteiger partial charge in [0.2, 0.25) is 0 Å². The Kier molecular flexibility index (Phi) is 5.72. The molecule has 0 bridgehead atoms. The SMILES string of the molecule is CCOC(=O)C(CC)OOC(C)(C)C. The summed E-state index contributed by atoms with van der Waals surface area (Å²) in [7, 11) is 0. The van der Waals surface area contributed by atoms with Gasteiger partial charge in [0.1, 0.15) is 0 Å². The van der Waals surface area contributed by atoms with Crippen molar-refractivity contribution in [1.29, 1.82) is 0 Å². The Labute approximate surface area is 85.5 Å². The zero-order valence-corrected chi connectivity index (χ0v) is 9.62. The molecule has 0 radical (unpaired) electrons. The van der Waals surface area contributed by atoms with E-state index in [1.54, 1.807) is 6.92 Å². The van der Waals surface area contributed by atoms with Gasteiger partial charge in [0.15, 0.2) is 6.10 Å². The summed E-state index contributed by atoms with van der Waals surface area (Å²) in [4.78, 5) is 21.3. The Morgan fingerprint density at radius 2 is 1.86 bits per heavy atom. The monoisotopic (exact) mass is 204 g/mol. The quantitative estimate of drug-likeness (QED) is 0.390. The number of hydrogen-bond acceptors (Lipinski definition) is 4. The van der Waals surface area contributed by atoms with E-state index in [1.165, 1.54) is 0 Å². The minimum Gasteiger partial charge on any atom is -0.464 e. The summed E-state index contributed by atoms with van der Waals surface area (Å²) >= 11 is 0. The predicted octanol–water partition coefficient (Wildman–Crippen LogP) is 2.07. The number of carbonyl (C=O) groups is 1. The maximum Gasteiger partial charge on any atom is 0.338 e. The number of carbonyl (C=O) groups excluding carboxylic acids is 1. The largest absolute Gasteiger partial charge is 0.464 e. The summed E-state index contributed by atoms with van der Waals surface area (Å²) in [6.45, 7) is 9.51. The van der Waals surface area contributed by atoms with E-state index in [9.17, 15) is 4.79 Å². The average molecular weight is 204 g/mol. The van der Waals surface area contributed by atoms with Gasteiger partial charge in [0.25, 0.3) is 0 Å². The van der Waals surface area contributed by atoms with E-state index >= 15 is 0 Å². The Morgan fingerprint density at radius 1 is 1.29 bits per heavy atom. The third kappa shape index (κ3) is 5.94. The molecule has 0 aliphatic rings. The molecule has 0 aromatic rings. The first-order valence-corrected chi connectivity index (χ1v) is 4.91. The van der Waals surface area contributed by atoms with E-state index in [0.29, 0.717) is 13.0 Å². The van der Waals surface area contributed by atoms with Crippen molar-refractivity contribution < 1.29 is 19.3 Å². The third-order valence-electron chi connectivity index (χ3n) is 1.33. The van der Waals surface area contributed by atoms with Crippen LogP contribution >= 0.6 is 0 Å². The summed E-state index contributed by atoms with van der Waals surface area (Å²) in [6.07, 6.45) is -0.0938. The second kappa shape index (κ2) is 5.98. The molecule has 0 N–H and O–H groups in total. The smallest absolute Gasteiger partial charge is 0.338 e. The van der Waals surface area contributed by atoms with Crippen LogP contribution in [0.15, 0.2) is 0 Å². The highest BCUT2D eigenvalue weighted by Crippen LogP contribution is 2.11. The van der Waals surface area contributed by atoms with E-state index in [2.05, 4.69) is 0 Å². The van der Waals surface area contributed by atoms with Crippen LogP contribution in [0.25, 0.3) is 0 Å². The molecule has 1 unspecified atom stereocenters. The Balaban J connectivity index is 3.97. The number of rotatable bonds is 5. The standard InChI is InChI=1S/C10H20O4/c1-6-8(9(11)12-7-2)13-14-10(3,4)5/h8H,6-7H2,1-5H3. The second-order valence-electron chi connectivity index (χ2n) is 3.94. The van der Waals surface area contributed by atoms with Crippen molar-refractivity contribution in [3.8, 4) is 0 Å². The van der Waals surface area contributed by atoms with Crippen LogP contribution in [0.2, 0.25) is 0 Å². The highest BCUT2D eigenvalue weighted by Gasteiger charge is 2.22. The van der Waals surface area contributed by atoms with Crippen LogP contribution in [0.3, 0.4) is 0 Å². The first-order chi connectivity index (χ1) is 6.40. The normalized spacial score (nSPS) is 13.8. The van der Waals surface area contributed by atoms with Crippen molar-refractivity contribution in [3.63, 3.8) is 0 Å². The number of hydrogen-bond donors (Lipinski definition) is 0. The van der Waals surface area contributed by atoms with Crippen molar-refractivity contribution in [2.75, 3.05) is 6.61 Å². The highest BCUT2D eigenvalue weighted by molar-refractivity contribution is 5.74. The highest BCUT2D eigenvalue weighted by atomic mass is 17.2. The molecule has 84 valence electrons. The van der Waals surface area contributed by atoms with E-state index in [1.807, 2.05) is 27.7 Å². The molecule has 4 heteroatoms. The molecule has 0 aliphatic heterocycles. The minimum absolute atomic E-state index is 0.355. The first-order valence-electron chi connectivity index (χ1n) is 4.91. The van der Waals surface area contributed by atoms with Gasteiger partial charge < -0.3 is 4.74 Å². The lowest BCUT2D eigenvalue weighted by molar-refractivity contribution is -0.368. The Hall–Kier alpha value is -0.610. The molecule has 0 rings (SSSR count). The molecule has 0 spiro atoms. The molecule has 0 heterocycles. The Morgan fingerprint density at radius 3 is 2.21 bits per heavy atom. The molecule has 0 saturated carbocycles. The fourth-order valence-electron chi connectivity index (χ4n) is 0.712. The lowest BCUT2D eigenvalue weighted by Crippen LogP contribution is -2.30. The van der Waals surface area contributed by atoms with Crippen molar-refractivity contribution in [2.24, 2.45) is 0 Å². The molecule has 14 heavy (non-hydrogen) atoms. The molecule has 1 atom stereocenters. The molecule has 0 aromatic heterocycles. The molecule has 4 nitrogen and oxygen atoms in total. The van der Waals surface area contributed by atoms with Gasteiger partial charge in [-0.15, -0.1) is 0 Å². The van der Waals surface area contributed by atoms with Gasteiger partial charge in [0.05, 0.1) is 12.2 Å². The fraction of sp³-hybridized carbons (Fsp3) is 0.900. The molecular formula is C10H20O4. The van der Waals surface area contributed by atoms with Gasteiger partial charge in [-0.2, -0.15) is 0 Å². The zero-order valence-electron chi connectivity index (χ0n) is 9.62. The van der Waals surface area contributed by atoms with Crippen molar-refractivity contribution in [1.82, 2.24) is 0 Å². The van der Waals surface area contributed by atoms with Crippen LogP contribution in [0.1, 0.15) is 41.0 Å². The first kappa shape index (κ1) is 13.4. The van der Waals surface area contributed by atoms with Crippen LogP contribution in [-0.4, -0.2) is 24.3 Å². The summed E-state index contributed by atoms with van der Waals surface area (Å²) in [5.41, 5.74) is -0.417. The number of ether oxygens (including phenoxy) is 1. The molecule has 0 amide bonds. The van der Waals surface area contributed by atoms with E-state index < -0.39 is 11.7 Å². The van der Waals surface area contributed by atoms with Crippen LogP contribution < -0.4 is 0 Å². The van der Waals surface area contributed by atoms with Gasteiger partial charge in [0, 0.05) is 0 Å². The second-order valence-corrected chi connectivity index (χ2v) is 3.94. The minimum atomic E-state index is -0.630. The molecule has 0 aliphatic carbocycles. The lowest BCUT2D eigenvalue weighted by Gasteiger charge is -2.21. The van der Waals surface area contributed by atoms with Gasteiger partial charge in [-0.05, 0) is 34.1 Å². The summed E-state index contributed by atoms with van der Waals surface area (Å²) < 4.78 is 4.82. The summed E-state index contributed by atoms with van der Waals surface area (Å²) in [5, 5.41) is 0. The summed E-state index contributed by atoms with van der Waals surface area (Å²) in [6, 6.07) is 0. The maximum atomic E-state index is 11.3. The van der Waals surface area contributed by atoms with Crippen LogP contribution in [-0.2, 0) is 19.3 Å². The molecule has 0 aromatic carbocycles. The zero-order chi connectivity index (χ0) is 11.2. The lowest BCUT2D eigenvalue weighted by atomic mass is 10.2. The van der Waals surface area contributed by atoms with Crippen molar-refractivity contribution in [3.05, 3.63) is 0 Å². The Bertz CT molecular complexity index is 171. The average Bonchev–Trinajstić information content (AvgIpc) is 2.03. The van der Waals surface area contributed by atoms with Crippen LogP contribution in [0.5, 0.6) is 0 Å². The van der Waals surface area contributed by atoms with E-state index in [4.69, 9.17) is 14.5 Å². The third-order valence-corrected chi connectivity index (χ3v) is 1.33. The van der Waals surface area contributed by atoms with Crippen LogP contribution in [0, 0.1) is 0 Å². The van der Waals surface area contributed by atoms with Crippen LogP contribution in [0.4, 0.5) is 0 Å². The van der Waals surface area contributed by atoms with Crippen molar-refractivity contribution >= 4 is 5.97 Å². The summed E-state index contributed by atoms with van der Waals surface area (Å²) in [5.74, 6) is -0.376. The van der Waals surface area contributed by atoms with Gasteiger partial charge >= 0.3 is 5.97 Å². The van der Waals surface area contributed by atoms with Crippen molar-refractivity contribution in [2.45, 2.75) is 52.7 Å². The van der Waals surface area contributed by atoms with Gasteiger partial charge in [-0.25, -0.2) is 14.6 Å². The van der Waals surface area contributed by atoms with Gasteiger partial charge in [-0.3, -0.25) is 0 Å². The topological polar surface area (TPSA) is 44.8 Å². The predicted molar refractivity (Wildman–Crippen MR) is 52.6 cm³/mol. The van der Waals surface area contributed by atoms with E-state index in [0.717, 1.165) is 0 Å². The molecular weight excluding hydrogens is 184 g/mol. The van der Waals surface area contributed by atoms with Gasteiger partial charge in [-0.1, -0.05) is 6.92 Å². The number of esters is 1. The van der Waals surface area contributed by atoms with E-state index in [-0.39, 0.29) is 5.97 Å². The fourth-order valence-corrected chi connectivity index (χ4v) is 0.712. The molecule has 0 fully saturated rings.